The van der Waals surface area contributed by atoms with E-state index in [2.05, 4.69) is 5.32 Å². The normalized spacial score (nSPS) is 17.6. The first-order valence-electron chi connectivity index (χ1n) is 9.00. The maximum Gasteiger partial charge on any atom is 0.248 e. The van der Waals surface area contributed by atoms with Crippen LogP contribution in [0.5, 0.6) is 11.5 Å². The number of sulfonamides is 1. The Kier molecular flexibility index (Phi) is 4.95. The Labute approximate surface area is 163 Å². The molecule has 2 aromatic rings. The van der Waals surface area contributed by atoms with Crippen molar-refractivity contribution in [3.63, 3.8) is 0 Å². The number of ether oxygens (including phenoxy) is 2. The van der Waals surface area contributed by atoms with E-state index in [0.29, 0.717) is 49.1 Å². The Morgan fingerprint density at radius 3 is 2.50 bits per heavy atom. The molecule has 7 nitrogen and oxygen atoms in total. The van der Waals surface area contributed by atoms with Crippen LogP contribution in [0.1, 0.15) is 12.0 Å². The van der Waals surface area contributed by atoms with Gasteiger partial charge in [-0.3, -0.25) is 9.10 Å². The standard InChI is InChI=1S/C20H20N2O5S/c23-20(21-16-5-8-18-19(14-16)27-12-11-26-18)9-4-15-2-6-17(7-3-15)22-10-1-13-28(22,24)25/h2-9,14H,1,10-13H2,(H,21,23)/b9-4+. The van der Waals surface area contributed by atoms with E-state index in [9.17, 15) is 13.2 Å². The van der Waals surface area contributed by atoms with Crippen molar-refractivity contribution in [2.75, 3.05) is 35.1 Å². The zero-order chi connectivity index (χ0) is 19.6. The number of benzene rings is 2. The van der Waals surface area contributed by atoms with E-state index in [-0.39, 0.29) is 11.7 Å². The van der Waals surface area contributed by atoms with Gasteiger partial charge in [-0.2, -0.15) is 0 Å². The van der Waals surface area contributed by atoms with Crippen LogP contribution in [0.2, 0.25) is 0 Å². The minimum Gasteiger partial charge on any atom is -0.486 e. The van der Waals surface area contributed by atoms with E-state index in [0.717, 1.165) is 5.56 Å². The van der Waals surface area contributed by atoms with Gasteiger partial charge in [0.2, 0.25) is 15.9 Å². The summed E-state index contributed by atoms with van der Waals surface area (Å²) < 4.78 is 36.3. The molecule has 2 aliphatic heterocycles. The Hall–Kier alpha value is -3.00. The molecule has 2 heterocycles. The van der Waals surface area contributed by atoms with Gasteiger partial charge in [-0.1, -0.05) is 12.1 Å². The summed E-state index contributed by atoms with van der Waals surface area (Å²) >= 11 is 0. The molecule has 1 saturated heterocycles. The Bertz CT molecular complexity index is 1020. The van der Waals surface area contributed by atoms with Crippen LogP contribution in [0.25, 0.3) is 6.08 Å². The SMILES string of the molecule is O=C(/C=C/c1ccc(N2CCCS2(=O)=O)cc1)Nc1ccc2c(c1)OCCO2. The number of amides is 1. The minimum atomic E-state index is -3.19. The van der Waals surface area contributed by atoms with Crippen LogP contribution >= 0.6 is 0 Å². The highest BCUT2D eigenvalue weighted by Crippen LogP contribution is 2.32. The van der Waals surface area contributed by atoms with Crippen molar-refractivity contribution < 1.29 is 22.7 Å². The second-order valence-corrected chi connectivity index (χ2v) is 8.53. The van der Waals surface area contributed by atoms with Gasteiger partial charge >= 0.3 is 0 Å². The van der Waals surface area contributed by atoms with E-state index in [4.69, 9.17) is 9.47 Å². The Balaban J connectivity index is 1.39. The third-order valence-corrected chi connectivity index (χ3v) is 6.39. The fourth-order valence-corrected chi connectivity index (χ4v) is 4.72. The van der Waals surface area contributed by atoms with Crippen LogP contribution in [-0.4, -0.2) is 39.8 Å². The number of carbonyl (C=O) groups excluding carboxylic acids is 1. The van der Waals surface area contributed by atoms with Crippen molar-refractivity contribution in [2.24, 2.45) is 0 Å². The summed E-state index contributed by atoms with van der Waals surface area (Å²) in [4.78, 5) is 12.2. The lowest BCUT2D eigenvalue weighted by Crippen LogP contribution is -2.24. The largest absolute Gasteiger partial charge is 0.486 e. The molecule has 2 aromatic carbocycles. The zero-order valence-corrected chi connectivity index (χ0v) is 15.9. The molecule has 0 bridgehead atoms. The highest BCUT2D eigenvalue weighted by atomic mass is 32.2. The summed E-state index contributed by atoms with van der Waals surface area (Å²) in [5.41, 5.74) is 2.07. The number of fused-ring (bicyclic) bond motifs is 1. The number of hydrogen-bond acceptors (Lipinski definition) is 5. The van der Waals surface area contributed by atoms with Crippen molar-refractivity contribution in [3.8, 4) is 11.5 Å². The van der Waals surface area contributed by atoms with Crippen molar-refractivity contribution in [3.05, 3.63) is 54.1 Å². The van der Waals surface area contributed by atoms with Gasteiger partial charge in [-0.25, -0.2) is 8.42 Å². The number of carbonyl (C=O) groups is 1. The molecule has 0 atom stereocenters. The molecule has 0 aromatic heterocycles. The minimum absolute atomic E-state index is 0.189. The van der Waals surface area contributed by atoms with Crippen molar-refractivity contribution in [1.29, 1.82) is 0 Å². The monoisotopic (exact) mass is 400 g/mol. The van der Waals surface area contributed by atoms with Gasteiger partial charge in [0.25, 0.3) is 0 Å². The molecule has 146 valence electrons. The van der Waals surface area contributed by atoms with Crippen molar-refractivity contribution in [1.82, 2.24) is 0 Å². The van der Waals surface area contributed by atoms with Crippen LogP contribution in [0.3, 0.4) is 0 Å². The highest BCUT2D eigenvalue weighted by molar-refractivity contribution is 7.93. The van der Waals surface area contributed by atoms with E-state index in [1.165, 1.54) is 10.4 Å². The molecule has 28 heavy (non-hydrogen) atoms. The summed E-state index contributed by atoms with van der Waals surface area (Å²) in [5.74, 6) is 1.19. The lowest BCUT2D eigenvalue weighted by Gasteiger charge is -2.18. The van der Waals surface area contributed by atoms with E-state index >= 15 is 0 Å². The molecule has 0 radical (unpaired) electrons. The maximum atomic E-state index is 12.2. The fraction of sp³-hybridized carbons (Fsp3) is 0.250. The predicted octanol–water partition coefficient (Wildman–Crippen LogP) is 2.65. The second kappa shape index (κ2) is 7.55. The molecule has 1 N–H and O–H groups in total. The van der Waals surface area contributed by atoms with Crippen LogP contribution in [0.4, 0.5) is 11.4 Å². The van der Waals surface area contributed by atoms with E-state index < -0.39 is 10.0 Å². The summed E-state index contributed by atoms with van der Waals surface area (Å²) in [5, 5.41) is 2.78. The first-order valence-corrected chi connectivity index (χ1v) is 10.6. The van der Waals surface area contributed by atoms with E-state index in [1.807, 2.05) is 0 Å². The van der Waals surface area contributed by atoms with Crippen LogP contribution < -0.4 is 19.1 Å². The number of nitrogens with one attached hydrogen (secondary N) is 1. The molecule has 0 aliphatic carbocycles. The van der Waals surface area contributed by atoms with Crippen molar-refractivity contribution >= 4 is 33.4 Å². The van der Waals surface area contributed by atoms with Crippen LogP contribution in [0.15, 0.2) is 48.5 Å². The highest BCUT2D eigenvalue weighted by Gasteiger charge is 2.28. The molecule has 0 saturated carbocycles. The molecule has 1 fully saturated rings. The average molecular weight is 400 g/mol. The third kappa shape index (κ3) is 3.96. The third-order valence-electron chi connectivity index (χ3n) is 4.52. The van der Waals surface area contributed by atoms with Gasteiger partial charge in [-0.15, -0.1) is 0 Å². The summed E-state index contributed by atoms with van der Waals surface area (Å²) in [6, 6.07) is 12.3. The molecular weight excluding hydrogens is 380 g/mol. The van der Waals surface area contributed by atoms with Crippen molar-refractivity contribution in [2.45, 2.75) is 6.42 Å². The number of nitrogens with zero attached hydrogens (tertiary/aromatic N) is 1. The topological polar surface area (TPSA) is 84.9 Å². The Morgan fingerprint density at radius 2 is 1.79 bits per heavy atom. The van der Waals surface area contributed by atoms with Gasteiger partial charge in [0, 0.05) is 24.4 Å². The average Bonchev–Trinajstić information content (AvgIpc) is 3.06. The molecule has 0 spiro atoms. The molecule has 2 aliphatic rings. The van der Waals surface area contributed by atoms with Crippen LogP contribution in [0, 0.1) is 0 Å². The number of rotatable bonds is 4. The number of anilines is 2. The van der Waals surface area contributed by atoms with Crippen LogP contribution in [-0.2, 0) is 14.8 Å². The Morgan fingerprint density at radius 1 is 1.04 bits per heavy atom. The lowest BCUT2D eigenvalue weighted by molar-refractivity contribution is -0.111. The first-order chi connectivity index (χ1) is 13.5. The summed E-state index contributed by atoms with van der Waals surface area (Å²) in [6.45, 7) is 1.51. The summed E-state index contributed by atoms with van der Waals surface area (Å²) in [7, 11) is -3.19. The second-order valence-electron chi connectivity index (χ2n) is 6.51. The zero-order valence-electron chi connectivity index (χ0n) is 15.1. The number of hydrogen-bond donors (Lipinski definition) is 1. The lowest BCUT2D eigenvalue weighted by atomic mass is 10.2. The predicted molar refractivity (Wildman–Crippen MR) is 107 cm³/mol. The maximum absolute atomic E-state index is 12.2. The van der Waals surface area contributed by atoms with E-state index in [1.54, 1.807) is 48.5 Å². The van der Waals surface area contributed by atoms with Gasteiger partial charge in [0.05, 0.1) is 11.4 Å². The molecule has 8 heteroatoms. The van der Waals surface area contributed by atoms with Gasteiger partial charge < -0.3 is 14.8 Å². The van der Waals surface area contributed by atoms with Gasteiger partial charge in [-0.05, 0) is 42.3 Å². The van der Waals surface area contributed by atoms with Gasteiger partial charge in [0.1, 0.15) is 13.2 Å². The van der Waals surface area contributed by atoms with Gasteiger partial charge in [0.15, 0.2) is 11.5 Å². The first kappa shape index (κ1) is 18.4. The fourth-order valence-electron chi connectivity index (χ4n) is 3.16. The quantitative estimate of drug-likeness (QED) is 0.798. The smallest absolute Gasteiger partial charge is 0.248 e. The molecule has 4 rings (SSSR count). The molecule has 0 unspecified atom stereocenters. The molecule has 1 amide bonds. The molecular formula is C20H20N2O5S. The summed E-state index contributed by atoms with van der Waals surface area (Å²) in [6.07, 6.45) is 3.75.